The maximum atomic E-state index is 13.0. The molecule has 9 nitrogen and oxygen atoms in total. The second kappa shape index (κ2) is 7.34. The van der Waals surface area contributed by atoms with Crippen LogP contribution in [0.4, 0.5) is 11.6 Å². The molecule has 0 atom stereocenters. The van der Waals surface area contributed by atoms with Crippen molar-refractivity contribution in [3.8, 4) is 23.3 Å². The maximum absolute atomic E-state index is 13.0. The zero-order valence-electron chi connectivity index (χ0n) is 15.8. The Kier molecular flexibility index (Phi) is 4.55. The largest absolute Gasteiger partial charge is 0.383 e. The van der Waals surface area contributed by atoms with Crippen LogP contribution >= 0.6 is 0 Å². The molecule has 9 heteroatoms. The van der Waals surface area contributed by atoms with E-state index in [4.69, 9.17) is 11.0 Å². The zero-order chi connectivity index (χ0) is 21.3. The summed E-state index contributed by atoms with van der Waals surface area (Å²) < 4.78 is 1.63. The summed E-state index contributed by atoms with van der Waals surface area (Å²) in [5.74, 6) is 0.314. The Hall–Kier alpha value is -4.76. The van der Waals surface area contributed by atoms with Gasteiger partial charge in [-0.15, -0.1) is 0 Å². The molecule has 0 aliphatic carbocycles. The number of nitriles is 2. The number of aromatic nitrogens is 4. The van der Waals surface area contributed by atoms with Crippen LogP contribution in [0, 0.1) is 22.7 Å². The molecule has 2 N–H and O–H groups in total. The highest BCUT2D eigenvalue weighted by Crippen LogP contribution is 2.27. The Labute approximate surface area is 171 Å². The van der Waals surface area contributed by atoms with Crippen molar-refractivity contribution in [2.45, 2.75) is 0 Å². The van der Waals surface area contributed by atoms with Gasteiger partial charge in [0.15, 0.2) is 0 Å². The summed E-state index contributed by atoms with van der Waals surface area (Å²) >= 11 is 0. The molecule has 0 saturated heterocycles. The second-order valence-electron chi connectivity index (χ2n) is 6.45. The number of nitrogens with zero attached hydrogens (tertiary/aromatic N) is 7. The molecule has 0 aliphatic heterocycles. The second-order valence-corrected chi connectivity index (χ2v) is 6.45. The molecule has 4 rings (SSSR count). The molecule has 4 heterocycles. The minimum Gasteiger partial charge on any atom is -0.383 e. The molecule has 0 bridgehead atoms. The highest BCUT2D eigenvalue weighted by molar-refractivity contribution is 6.06. The molecule has 0 aliphatic rings. The molecule has 144 valence electrons. The average molecular weight is 394 g/mol. The van der Waals surface area contributed by atoms with Gasteiger partial charge in [-0.05, 0) is 30.3 Å². The summed E-state index contributed by atoms with van der Waals surface area (Å²) in [6, 6.07) is 12.2. The van der Waals surface area contributed by atoms with Crippen molar-refractivity contribution in [1.29, 1.82) is 10.5 Å². The van der Waals surface area contributed by atoms with Crippen molar-refractivity contribution in [2.75, 3.05) is 17.7 Å². The molecule has 0 fully saturated rings. The van der Waals surface area contributed by atoms with Crippen LogP contribution < -0.4 is 10.6 Å². The molecule has 1 amide bonds. The van der Waals surface area contributed by atoms with Gasteiger partial charge in [0, 0.05) is 42.3 Å². The number of hydrogen-bond donors (Lipinski definition) is 1. The first-order valence-corrected chi connectivity index (χ1v) is 8.79. The fraction of sp³-hybridized carbons (Fsp3) is 0.0476. The van der Waals surface area contributed by atoms with Crippen molar-refractivity contribution in [2.24, 2.45) is 0 Å². The van der Waals surface area contributed by atoms with Gasteiger partial charge in [-0.3, -0.25) is 9.69 Å². The van der Waals surface area contributed by atoms with Gasteiger partial charge in [0.1, 0.15) is 23.8 Å². The van der Waals surface area contributed by atoms with Crippen LogP contribution in [-0.4, -0.2) is 32.5 Å². The van der Waals surface area contributed by atoms with Crippen LogP contribution in [0.25, 0.3) is 16.6 Å². The molecule has 0 unspecified atom stereocenters. The highest BCUT2D eigenvalue weighted by atomic mass is 16.2. The van der Waals surface area contributed by atoms with E-state index in [1.165, 1.54) is 11.1 Å². The molecule has 0 spiro atoms. The van der Waals surface area contributed by atoms with Gasteiger partial charge in [-0.1, -0.05) is 0 Å². The zero-order valence-corrected chi connectivity index (χ0v) is 15.8. The lowest BCUT2D eigenvalue weighted by molar-refractivity contribution is 0.0992. The molecule has 0 aromatic carbocycles. The van der Waals surface area contributed by atoms with Gasteiger partial charge in [0.2, 0.25) is 0 Å². The average Bonchev–Trinajstić information content (AvgIpc) is 3.21. The lowest BCUT2D eigenvalue weighted by atomic mass is 10.1. The van der Waals surface area contributed by atoms with Crippen molar-refractivity contribution in [1.82, 2.24) is 19.6 Å². The predicted octanol–water partition coefficient (Wildman–Crippen LogP) is 2.39. The number of hydrogen-bond acceptors (Lipinski definition) is 7. The first-order chi connectivity index (χ1) is 14.5. The minimum absolute atomic E-state index is 0.158. The monoisotopic (exact) mass is 394 g/mol. The number of pyridine rings is 3. The van der Waals surface area contributed by atoms with Crippen LogP contribution in [0.15, 0.2) is 55.1 Å². The molecule has 4 aromatic rings. The van der Waals surface area contributed by atoms with Crippen molar-refractivity contribution in [3.05, 3.63) is 71.8 Å². The smallest absolute Gasteiger partial charge is 0.259 e. The van der Waals surface area contributed by atoms with E-state index < -0.39 is 0 Å². The van der Waals surface area contributed by atoms with Gasteiger partial charge in [0.05, 0.1) is 22.8 Å². The molecular weight excluding hydrogens is 380 g/mol. The Morgan fingerprint density at radius 3 is 2.63 bits per heavy atom. The van der Waals surface area contributed by atoms with Crippen molar-refractivity contribution < 1.29 is 4.79 Å². The number of nitrogens with two attached hydrogens (primary N) is 1. The molecule has 4 aromatic heterocycles. The van der Waals surface area contributed by atoms with Gasteiger partial charge < -0.3 is 5.73 Å². The first kappa shape index (κ1) is 18.6. The van der Waals surface area contributed by atoms with Gasteiger partial charge >= 0.3 is 0 Å². The third-order valence-corrected chi connectivity index (χ3v) is 4.64. The number of nitrogen functional groups attached to an aromatic ring is 1. The molecule has 0 saturated carbocycles. The summed E-state index contributed by atoms with van der Waals surface area (Å²) in [6.45, 7) is 0. The van der Waals surface area contributed by atoms with E-state index in [1.54, 1.807) is 60.5 Å². The lowest BCUT2D eigenvalue weighted by Gasteiger charge is -2.16. The standard InChI is InChI=1S/C21H14N8O/c1-28(19-3-2-13(8-22)10-25-19)21(30)14-4-5-29-18(7-14)17(12-27-29)16-6-15(9-23)20(24)26-11-16/h2-7,10-12H,1H3,(H2,24,26). The Morgan fingerprint density at radius 1 is 1.10 bits per heavy atom. The summed E-state index contributed by atoms with van der Waals surface area (Å²) in [5.41, 5.74) is 8.89. The normalized spacial score (nSPS) is 10.4. The van der Waals surface area contributed by atoms with Crippen molar-refractivity contribution in [3.63, 3.8) is 0 Å². The quantitative estimate of drug-likeness (QED) is 0.563. The van der Waals surface area contributed by atoms with Crippen LogP contribution in [0.5, 0.6) is 0 Å². The number of carbonyl (C=O) groups excluding carboxylic acids is 1. The Bertz CT molecular complexity index is 1360. The van der Waals surface area contributed by atoms with Crippen LogP contribution in [0.2, 0.25) is 0 Å². The van der Waals surface area contributed by atoms with E-state index in [-0.39, 0.29) is 17.3 Å². The predicted molar refractivity (Wildman–Crippen MR) is 109 cm³/mol. The highest BCUT2D eigenvalue weighted by Gasteiger charge is 2.17. The first-order valence-electron chi connectivity index (χ1n) is 8.79. The minimum atomic E-state index is -0.269. The fourth-order valence-electron chi connectivity index (χ4n) is 3.00. The third-order valence-electron chi connectivity index (χ3n) is 4.64. The molecule has 0 radical (unpaired) electrons. The molecular formula is C21H14N8O. The van der Waals surface area contributed by atoms with E-state index in [0.717, 1.165) is 0 Å². The van der Waals surface area contributed by atoms with E-state index in [9.17, 15) is 10.1 Å². The fourth-order valence-corrected chi connectivity index (χ4v) is 3.00. The lowest BCUT2D eigenvalue weighted by Crippen LogP contribution is -2.27. The summed E-state index contributed by atoms with van der Waals surface area (Å²) in [6.07, 6.45) is 6.30. The third kappa shape index (κ3) is 3.17. The summed E-state index contributed by atoms with van der Waals surface area (Å²) in [4.78, 5) is 22.6. The van der Waals surface area contributed by atoms with Crippen LogP contribution in [0.3, 0.4) is 0 Å². The number of rotatable bonds is 3. The number of amides is 1. The van der Waals surface area contributed by atoms with Crippen LogP contribution in [0.1, 0.15) is 21.5 Å². The summed E-state index contributed by atoms with van der Waals surface area (Å²) in [5, 5.41) is 22.4. The van der Waals surface area contributed by atoms with E-state index in [1.807, 2.05) is 12.1 Å². The maximum Gasteiger partial charge on any atom is 0.259 e. The SMILES string of the molecule is CN(C(=O)c1ccn2ncc(-c3cnc(N)c(C#N)c3)c2c1)c1ccc(C#N)cn1. The number of anilines is 2. The van der Waals surface area contributed by atoms with Crippen molar-refractivity contribution >= 4 is 23.1 Å². The number of carbonyl (C=O) groups is 1. The summed E-state index contributed by atoms with van der Waals surface area (Å²) in [7, 11) is 1.61. The van der Waals surface area contributed by atoms with E-state index >= 15 is 0 Å². The number of fused-ring (bicyclic) bond motifs is 1. The van der Waals surface area contributed by atoms with Gasteiger partial charge in [-0.2, -0.15) is 15.6 Å². The van der Waals surface area contributed by atoms with Gasteiger partial charge in [-0.25, -0.2) is 14.5 Å². The Balaban J connectivity index is 1.73. The van der Waals surface area contributed by atoms with Crippen LogP contribution in [-0.2, 0) is 0 Å². The van der Waals surface area contributed by atoms with Gasteiger partial charge in [0.25, 0.3) is 5.91 Å². The molecule has 30 heavy (non-hydrogen) atoms. The topological polar surface area (TPSA) is 137 Å². The van der Waals surface area contributed by atoms with E-state index in [0.29, 0.717) is 33.6 Å². The Morgan fingerprint density at radius 2 is 1.93 bits per heavy atom. The van der Waals surface area contributed by atoms with E-state index in [2.05, 4.69) is 15.1 Å².